The van der Waals surface area contributed by atoms with E-state index in [-0.39, 0.29) is 36.6 Å². The van der Waals surface area contributed by atoms with Gasteiger partial charge in [0, 0.05) is 32.5 Å². The third-order valence-electron chi connectivity index (χ3n) is 5.64. The first-order valence-corrected chi connectivity index (χ1v) is 10.00. The van der Waals surface area contributed by atoms with E-state index in [1.54, 1.807) is 24.0 Å². The molecule has 0 unspecified atom stereocenters. The van der Waals surface area contributed by atoms with Crippen molar-refractivity contribution in [3.8, 4) is 0 Å². The quantitative estimate of drug-likeness (QED) is 0.722. The Morgan fingerprint density at radius 3 is 2.52 bits per heavy atom. The lowest BCUT2D eigenvalue weighted by Gasteiger charge is -2.37. The SMILES string of the molecule is CC(=O)N1C[C@H](C(=O)NCc2cccc(C(F)(F)F)c2)C[C@H](c2ccc(F)c(C)c2)C1. The van der Waals surface area contributed by atoms with Crippen molar-refractivity contribution < 1.29 is 27.2 Å². The molecule has 0 spiro atoms. The number of amides is 2. The number of rotatable bonds is 4. The van der Waals surface area contributed by atoms with Gasteiger partial charge in [-0.15, -0.1) is 0 Å². The number of aryl methyl sites for hydroxylation is 1. The largest absolute Gasteiger partial charge is 0.416 e. The molecule has 0 saturated carbocycles. The van der Waals surface area contributed by atoms with E-state index >= 15 is 0 Å². The summed E-state index contributed by atoms with van der Waals surface area (Å²) in [5, 5.41) is 2.70. The van der Waals surface area contributed by atoms with Gasteiger partial charge in [-0.1, -0.05) is 24.3 Å². The second-order valence-electron chi connectivity index (χ2n) is 7.98. The molecule has 8 heteroatoms. The third-order valence-corrected chi connectivity index (χ3v) is 5.64. The molecule has 1 aliphatic heterocycles. The molecule has 0 bridgehead atoms. The van der Waals surface area contributed by atoms with Crippen molar-refractivity contribution in [1.29, 1.82) is 0 Å². The summed E-state index contributed by atoms with van der Waals surface area (Å²) in [4.78, 5) is 26.4. The van der Waals surface area contributed by atoms with Gasteiger partial charge >= 0.3 is 6.18 Å². The highest BCUT2D eigenvalue weighted by atomic mass is 19.4. The van der Waals surface area contributed by atoms with Gasteiger partial charge in [-0.05, 0) is 48.2 Å². The maximum atomic E-state index is 13.6. The molecule has 3 rings (SSSR count). The summed E-state index contributed by atoms with van der Waals surface area (Å²) in [5.41, 5.74) is 0.906. The molecule has 0 radical (unpaired) electrons. The fraction of sp³-hybridized carbons (Fsp3) is 0.391. The first-order chi connectivity index (χ1) is 14.5. The number of benzene rings is 2. The standard InChI is InChI=1S/C23H24F4N2O2/c1-14-8-17(6-7-21(14)24)18-10-19(13-29(12-18)15(2)30)22(31)28-11-16-4-3-5-20(9-16)23(25,26)27/h3-9,18-19H,10-13H2,1-2H3,(H,28,31)/t18-,19+/m0/s1. The van der Waals surface area contributed by atoms with Crippen LogP contribution >= 0.6 is 0 Å². The maximum Gasteiger partial charge on any atom is 0.416 e. The van der Waals surface area contributed by atoms with Crippen LogP contribution in [0.3, 0.4) is 0 Å². The minimum Gasteiger partial charge on any atom is -0.352 e. The average Bonchev–Trinajstić information content (AvgIpc) is 2.73. The van der Waals surface area contributed by atoms with E-state index < -0.39 is 17.7 Å². The van der Waals surface area contributed by atoms with Gasteiger partial charge in [-0.2, -0.15) is 13.2 Å². The van der Waals surface area contributed by atoms with Gasteiger partial charge in [0.2, 0.25) is 11.8 Å². The smallest absolute Gasteiger partial charge is 0.352 e. The number of likely N-dealkylation sites (tertiary alicyclic amines) is 1. The highest BCUT2D eigenvalue weighted by Gasteiger charge is 2.34. The van der Waals surface area contributed by atoms with Gasteiger partial charge in [0.05, 0.1) is 11.5 Å². The maximum absolute atomic E-state index is 13.6. The van der Waals surface area contributed by atoms with Crippen molar-refractivity contribution in [1.82, 2.24) is 10.2 Å². The lowest BCUT2D eigenvalue weighted by Crippen LogP contribution is -2.47. The van der Waals surface area contributed by atoms with Crippen LogP contribution in [0.2, 0.25) is 0 Å². The fourth-order valence-corrected chi connectivity index (χ4v) is 3.90. The molecule has 1 fully saturated rings. The van der Waals surface area contributed by atoms with Crippen LogP contribution in [0.15, 0.2) is 42.5 Å². The van der Waals surface area contributed by atoms with Crippen LogP contribution < -0.4 is 5.32 Å². The Morgan fingerprint density at radius 1 is 1.13 bits per heavy atom. The molecule has 166 valence electrons. The lowest BCUT2D eigenvalue weighted by atomic mass is 9.83. The lowest BCUT2D eigenvalue weighted by molar-refractivity contribution is -0.137. The third kappa shape index (κ3) is 5.62. The van der Waals surface area contributed by atoms with Crippen LogP contribution in [0.4, 0.5) is 17.6 Å². The highest BCUT2D eigenvalue weighted by Crippen LogP contribution is 2.32. The van der Waals surface area contributed by atoms with Crippen molar-refractivity contribution in [2.24, 2.45) is 5.92 Å². The van der Waals surface area contributed by atoms with Gasteiger partial charge < -0.3 is 10.2 Å². The molecule has 2 aromatic carbocycles. The van der Waals surface area contributed by atoms with Gasteiger partial charge in [0.1, 0.15) is 5.82 Å². The van der Waals surface area contributed by atoms with Crippen molar-refractivity contribution in [2.75, 3.05) is 13.1 Å². The molecule has 1 aliphatic rings. The van der Waals surface area contributed by atoms with E-state index in [4.69, 9.17) is 0 Å². The average molecular weight is 436 g/mol. The summed E-state index contributed by atoms with van der Waals surface area (Å²) in [5.74, 6) is -1.47. The number of piperidine rings is 1. The molecule has 1 heterocycles. The Hall–Kier alpha value is -2.90. The minimum absolute atomic E-state index is 0.0420. The second-order valence-corrected chi connectivity index (χ2v) is 7.98. The summed E-state index contributed by atoms with van der Waals surface area (Å²) >= 11 is 0. The molecule has 0 aliphatic carbocycles. The summed E-state index contributed by atoms with van der Waals surface area (Å²) in [6, 6.07) is 9.56. The first kappa shape index (κ1) is 22.8. The predicted octanol–water partition coefficient (Wildman–Crippen LogP) is 4.42. The Bertz CT molecular complexity index is 974. The Morgan fingerprint density at radius 2 is 1.87 bits per heavy atom. The van der Waals surface area contributed by atoms with Gasteiger partial charge in [-0.3, -0.25) is 9.59 Å². The molecule has 31 heavy (non-hydrogen) atoms. The number of halogens is 4. The zero-order valence-corrected chi connectivity index (χ0v) is 17.3. The monoisotopic (exact) mass is 436 g/mol. The highest BCUT2D eigenvalue weighted by molar-refractivity contribution is 5.81. The molecule has 2 atom stereocenters. The number of carbonyl (C=O) groups is 2. The molecular formula is C23H24F4N2O2. The number of nitrogens with one attached hydrogen (secondary N) is 1. The Balaban J connectivity index is 1.72. The van der Waals surface area contributed by atoms with Gasteiger partial charge in [-0.25, -0.2) is 4.39 Å². The van der Waals surface area contributed by atoms with E-state index in [9.17, 15) is 27.2 Å². The summed E-state index contributed by atoms with van der Waals surface area (Å²) in [7, 11) is 0. The van der Waals surface area contributed by atoms with Crippen LogP contribution in [-0.2, 0) is 22.3 Å². The van der Waals surface area contributed by atoms with E-state index in [1.807, 2.05) is 0 Å². The van der Waals surface area contributed by atoms with E-state index in [2.05, 4.69) is 5.32 Å². The van der Waals surface area contributed by atoms with E-state index in [1.165, 1.54) is 25.1 Å². The minimum atomic E-state index is -4.45. The second kappa shape index (κ2) is 9.08. The Kier molecular flexibility index (Phi) is 6.67. The number of carbonyl (C=O) groups excluding carboxylic acids is 2. The van der Waals surface area contributed by atoms with Crippen molar-refractivity contribution in [3.63, 3.8) is 0 Å². The molecule has 4 nitrogen and oxygen atoms in total. The zero-order chi connectivity index (χ0) is 22.8. The summed E-state index contributed by atoms with van der Waals surface area (Å²) < 4.78 is 52.3. The van der Waals surface area contributed by atoms with Crippen LogP contribution in [0.1, 0.15) is 41.5 Å². The zero-order valence-electron chi connectivity index (χ0n) is 17.3. The fourth-order valence-electron chi connectivity index (χ4n) is 3.90. The number of hydrogen-bond acceptors (Lipinski definition) is 2. The predicted molar refractivity (Wildman–Crippen MR) is 108 cm³/mol. The molecule has 1 saturated heterocycles. The van der Waals surface area contributed by atoms with Crippen molar-refractivity contribution in [3.05, 3.63) is 70.5 Å². The molecule has 0 aromatic heterocycles. The van der Waals surface area contributed by atoms with Crippen LogP contribution in [0.25, 0.3) is 0 Å². The topological polar surface area (TPSA) is 49.4 Å². The normalized spacial score (nSPS) is 19.2. The van der Waals surface area contributed by atoms with Gasteiger partial charge in [0.25, 0.3) is 0 Å². The number of nitrogens with zero attached hydrogens (tertiary/aromatic N) is 1. The van der Waals surface area contributed by atoms with Gasteiger partial charge in [0.15, 0.2) is 0 Å². The number of hydrogen-bond donors (Lipinski definition) is 1. The van der Waals surface area contributed by atoms with Crippen LogP contribution in [-0.4, -0.2) is 29.8 Å². The Labute approximate surface area is 178 Å². The molecular weight excluding hydrogens is 412 g/mol. The van der Waals surface area contributed by atoms with Crippen molar-refractivity contribution in [2.45, 2.75) is 38.9 Å². The first-order valence-electron chi connectivity index (χ1n) is 10.00. The number of alkyl halides is 3. The molecule has 2 aromatic rings. The van der Waals surface area contributed by atoms with Crippen LogP contribution in [0, 0.1) is 18.7 Å². The summed E-state index contributed by atoms with van der Waals surface area (Å²) in [6.45, 7) is 3.71. The summed E-state index contributed by atoms with van der Waals surface area (Å²) in [6.07, 6.45) is -3.99. The molecule has 2 amide bonds. The van der Waals surface area contributed by atoms with Crippen molar-refractivity contribution >= 4 is 11.8 Å². The molecule has 1 N–H and O–H groups in total. The van der Waals surface area contributed by atoms with Crippen LogP contribution in [0.5, 0.6) is 0 Å². The van der Waals surface area contributed by atoms with E-state index in [0.29, 0.717) is 24.1 Å². The van der Waals surface area contributed by atoms with E-state index in [0.717, 1.165) is 17.7 Å².